The smallest absolute Gasteiger partial charge is 0.311 e. The zero-order valence-electron chi connectivity index (χ0n) is 11.7. The SMILES string of the molecule is COC(=O)C(C)(C)CC(N)c1ccc(OC)cc1F. The van der Waals surface area contributed by atoms with Crippen LogP contribution in [0.1, 0.15) is 31.9 Å². The molecular weight excluding hydrogens is 249 g/mol. The predicted molar refractivity (Wildman–Crippen MR) is 70.3 cm³/mol. The van der Waals surface area contributed by atoms with Gasteiger partial charge in [0.05, 0.1) is 19.6 Å². The summed E-state index contributed by atoms with van der Waals surface area (Å²) < 4.78 is 23.5. The third-order valence-electron chi connectivity index (χ3n) is 3.08. The number of carbonyl (C=O) groups excluding carboxylic acids is 1. The third kappa shape index (κ3) is 3.67. The van der Waals surface area contributed by atoms with Gasteiger partial charge in [-0.15, -0.1) is 0 Å². The maximum absolute atomic E-state index is 13.9. The van der Waals surface area contributed by atoms with Crippen LogP contribution in [-0.4, -0.2) is 20.2 Å². The normalized spacial score (nSPS) is 12.9. The Kier molecular flexibility index (Phi) is 4.89. The van der Waals surface area contributed by atoms with Gasteiger partial charge in [-0.05, 0) is 26.3 Å². The average Bonchev–Trinajstić information content (AvgIpc) is 2.36. The van der Waals surface area contributed by atoms with E-state index in [0.29, 0.717) is 17.7 Å². The Morgan fingerprint density at radius 3 is 2.53 bits per heavy atom. The molecule has 0 spiro atoms. The van der Waals surface area contributed by atoms with Crippen molar-refractivity contribution in [2.75, 3.05) is 14.2 Å². The lowest BCUT2D eigenvalue weighted by molar-refractivity contribution is -0.151. The molecule has 0 bridgehead atoms. The van der Waals surface area contributed by atoms with Crippen molar-refractivity contribution >= 4 is 5.97 Å². The molecule has 0 fully saturated rings. The van der Waals surface area contributed by atoms with Crippen molar-refractivity contribution < 1.29 is 18.7 Å². The van der Waals surface area contributed by atoms with Crippen molar-refractivity contribution in [2.45, 2.75) is 26.3 Å². The second-order valence-corrected chi connectivity index (χ2v) is 5.07. The van der Waals surface area contributed by atoms with Gasteiger partial charge in [0, 0.05) is 17.7 Å². The maximum Gasteiger partial charge on any atom is 0.311 e. The van der Waals surface area contributed by atoms with Gasteiger partial charge in [0.15, 0.2) is 0 Å². The lowest BCUT2D eigenvalue weighted by Crippen LogP contribution is -2.30. The molecule has 1 aromatic rings. The highest BCUT2D eigenvalue weighted by atomic mass is 19.1. The largest absolute Gasteiger partial charge is 0.497 e. The Hall–Kier alpha value is -1.62. The molecule has 0 saturated heterocycles. The van der Waals surface area contributed by atoms with E-state index in [-0.39, 0.29) is 5.97 Å². The van der Waals surface area contributed by atoms with E-state index in [1.54, 1.807) is 26.0 Å². The number of carbonyl (C=O) groups is 1. The number of benzene rings is 1. The van der Waals surface area contributed by atoms with Gasteiger partial charge in [-0.25, -0.2) is 4.39 Å². The Labute approximate surface area is 112 Å². The molecule has 0 heterocycles. The second-order valence-electron chi connectivity index (χ2n) is 5.07. The van der Waals surface area contributed by atoms with Gasteiger partial charge in [0.25, 0.3) is 0 Å². The molecule has 4 nitrogen and oxygen atoms in total. The summed E-state index contributed by atoms with van der Waals surface area (Å²) >= 11 is 0. The quantitative estimate of drug-likeness (QED) is 0.834. The van der Waals surface area contributed by atoms with Crippen LogP contribution in [0.25, 0.3) is 0 Å². The zero-order valence-corrected chi connectivity index (χ0v) is 11.7. The molecule has 0 aliphatic heterocycles. The van der Waals surface area contributed by atoms with Gasteiger partial charge in [-0.1, -0.05) is 6.07 Å². The topological polar surface area (TPSA) is 61.5 Å². The molecule has 0 aromatic heterocycles. The molecule has 0 saturated carbocycles. The Balaban J connectivity index is 2.89. The summed E-state index contributed by atoms with van der Waals surface area (Å²) in [7, 11) is 2.79. The fourth-order valence-corrected chi connectivity index (χ4v) is 1.95. The molecule has 1 rings (SSSR count). The van der Waals surface area contributed by atoms with Crippen LogP contribution in [0.4, 0.5) is 4.39 Å². The first-order valence-corrected chi connectivity index (χ1v) is 5.99. The van der Waals surface area contributed by atoms with Gasteiger partial charge in [0.1, 0.15) is 11.6 Å². The number of ether oxygens (including phenoxy) is 2. The van der Waals surface area contributed by atoms with Crippen LogP contribution >= 0.6 is 0 Å². The van der Waals surface area contributed by atoms with E-state index in [1.807, 2.05) is 0 Å². The monoisotopic (exact) mass is 269 g/mol. The molecule has 0 amide bonds. The van der Waals surface area contributed by atoms with Crippen LogP contribution in [0.15, 0.2) is 18.2 Å². The Morgan fingerprint density at radius 1 is 1.42 bits per heavy atom. The van der Waals surface area contributed by atoms with Crippen molar-refractivity contribution in [1.82, 2.24) is 0 Å². The molecule has 1 aromatic carbocycles. The van der Waals surface area contributed by atoms with Crippen LogP contribution in [0.3, 0.4) is 0 Å². The van der Waals surface area contributed by atoms with Crippen LogP contribution in [-0.2, 0) is 9.53 Å². The standard InChI is InChI=1S/C14H20FNO3/c1-14(2,13(17)19-4)8-12(16)10-6-5-9(18-3)7-11(10)15/h5-7,12H,8,16H2,1-4H3. The van der Waals surface area contributed by atoms with Crippen molar-refractivity contribution in [1.29, 1.82) is 0 Å². The third-order valence-corrected chi connectivity index (χ3v) is 3.08. The van der Waals surface area contributed by atoms with E-state index in [1.165, 1.54) is 20.3 Å². The highest BCUT2D eigenvalue weighted by Gasteiger charge is 2.32. The highest BCUT2D eigenvalue weighted by Crippen LogP contribution is 2.31. The second kappa shape index (κ2) is 6.02. The van der Waals surface area contributed by atoms with Crippen molar-refractivity contribution in [3.8, 4) is 5.75 Å². The van der Waals surface area contributed by atoms with E-state index in [9.17, 15) is 9.18 Å². The Morgan fingerprint density at radius 2 is 2.05 bits per heavy atom. The molecule has 1 atom stereocenters. The van der Waals surface area contributed by atoms with Crippen LogP contribution in [0, 0.1) is 11.2 Å². The van der Waals surface area contributed by atoms with E-state index < -0.39 is 17.3 Å². The fourth-order valence-electron chi connectivity index (χ4n) is 1.95. The molecule has 5 heteroatoms. The minimum absolute atomic E-state index is 0.295. The number of methoxy groups -OCH3 is 2. The summed E-state index contributed by atoms with van der Waals surface area (Å²) in [5, 5.41) is 0. The molecular formula is C14H20FNO3. The molecule has 19 heavy (non-hydrogen) atoms. The van der Waals surface area contributed by atoms with Gasteiger partial charge in [0.2, 0.25) is 0 Å². The minimum atomic E-state index is -0.763. The van der Waals surface area contributed by atoms with E-state index in [4.69, 9.17) is 15.2 Å². The fraction of sp³-hybridized carbons (Fsp3) is 0.500. The summed E-state index contributed by atoms with van der Waals surface area (Å²) in [6.45, 7) is 3.44. The number of rotatable bonds is 5. The first-order valence-electron chi connectivity index (χ1n) is 5.99. The highest BCUT2D eigenvalue weighted by molar-refractivity contribution is 5.75. The van der Waals surface area contributed by atoms with Crippen molar-refractivity contribution in [3.63, 3.8) is 0 Å². The lowest BCUT2D eigenvalue weighted by atomic mass is 9.84. The van der Waals surface area contributed by atoms with Gasteiger partial charge in [-0.3, -0.25) is 4.79 Å². The van der Waals surface area contributed by atoms with Gasteiger partial charge in [-0.2, -0.15) is 0 Å². The summed E-state index contributed by atoms with van der Waals surface area (Å²) in [4.78, 5) is 11.6. The van der Waals surface area contributed by atoms with Crippen LogP contribution in [0.5, 0.6) is 5.75 Å². The number of hydrogen-bond acceptors (Lipinski definition) is 4. The van der Waals surface area contributed by atoms with Gasteiger partial charge < -0.3 is 15.2 Å². The molecule has 2 N–H and O–H groups in total. The minimum Gasteiger partial charge on any atom is -0.497 e. The van der Waals surface area contributed by atoms with E-state index >= 15 is 0 Å². The van der Waals surface area contributed by atoms with Gasteiger partial charge >= 0.3 is 5.97 Å². The number of esters is 1. The van der Waals surface area contributed by atoms with E-state index in [2.05, 4.69) is 0 Å². The summed E-state index contributed by atoms with van der Waals surface area (Å²) in [5.74, 6) is -0.370. The summed E-state index contributed by atoms with van der Waals surface area (Å²) in [6, 6.07) is 3.91. The van der Waals surface area contributed by atoms with Crippen LogP contribution < -0.4 is 10.5 Å². The summed E-state index contributed by atoms with van der Waals surface area (Å²) in [5.41, 5.74) is 5.57. The lowest BCUT2D eigenvalue weighted by Gasteiger charge is -2.25. The first-order chi connectivity index (χ1) is 8.81. The molecule has 0 aliphatic rings. The Bertz CT molecular complexity index is 460. The molecule has 106 valence electrons. The number of hydrogen-bond donors (Lipinski definition) is 1. The maximum atomic E-state index is 13.9. The first kappa shape index (κ1) is 15.4. The predicted octanol–water partition coefficient (Wildman–Crippen LogP) is 2.42. The molecule has 0 aliphatic carbocycles. The van der Waals surface area contributed by atoms with E-state index in [0.717, 1.165) is 0 Å². The number of halogens is 1. The van der Waals surface area contributed by atoms with Crippen molar-refractivity contribution in [2.24, 2.45) is 11.1 Å². The summed E-state index contributed by atoms with van der Waals surface area (Å²) in [6.07, 6.45) is 0.295. The average molecular weight is 269 g/mol. The number of nitrogens with two attached hydrogens (primary N) is 1. The van der Waals surface area contributed by atoms with Crippen molar-refractivity contribution in [3.05, 3.63) is 29.6 Å². The zero-order chi connectivity index (χ0) is 14.6. The van der Waals surface area contributed by atoms with Crippen LogP contribution in [0.2, 0.25) is 0 Å². The molecule has 1 unspecified atom stereocenters. The molecule has 0 radical (unpaired) electrons.